The molecule has 0 spiro atoms. The fraction of sp³-hybridized carbons (Fsp3) is 0.600. The van der Waals surface area contributed by atoms with E-state index in [0.717, 1.165) is 6.42 Å². The second-order valence-corrected chi connectivity index (χ2v) is 2.62. The maximum Gasteiger partial charge on any atom is -0.0285 e. The molecule has 0 heteroatoms. The molecule has 0 nitrogen and oxygen atoms in total. The molecule has 0 bridgehead atoms. The van der Waals surface area contributed by atoms with Gasteiger partial charge in [-0.05, 0) is 19.8 Å². The minimum Gasteiger partial charge on any atom is -0.0958 e. The van der Waals surface area contributed by atoms with Crippen molar-refractivity contribution in [3.8, 4) is 0 Å². The van der Waals surface area contributed by atoms with Crippen molar-refractivity contribution in [1.29, 1.82) is 0 Å². The van der Waals surface area contributed by atoms with Gasteiger partial charge in [0, 0.05) is 0 Å². The van der Waals surface area contributed by atoms with Gasteiger partial charge in [-0.2, -0.15) is 0 Å². The maximum atomic E-state index is 3.93. The Labute approximate surface area is 64.6 Å². The Bertz CT molecular complexity index is 109. The Morgan fingerprint density at radius 3 is 2.60 bits per heavy atom. The molecule has 10 heavy (non-hydrogen) atoms. The fourth-order valence-electron chi connectivity index (χ4n) is 0.921. The molecule has 0 aromatic rings. The van der Waals surface area contributed by atoms with E-state index in [-0.39, 0.29) is 0 Å². The third-order valence-corrected chi connectivity index (χ3v) is 1.50. The van der Waals surface area contributed by atoms with Gasteiger partial charge in [0.2, 0.25) is 0 Å². The zero-order valence-corrected chi connectivity index (χ0v) is 7.19. The van der Waals surface area contributed by atoms with E-state index in [1.54, 1.807) is 0 Å². The van der Waals surface area contributed by atoms with Crippen LogP contribution < -0.4 is 0 Å². The van der Waals surface area contributed by atoms with Gasteiger partial charge >= 0.3 is 0 Å². The van der Waals surface area contributed by atoms with Gasteiger partial charge in [-0.3, -0.25) is 0 Å². The van der Waals surface area contributed by atoms with Gasteiger partial charge in [0.05, 0.1) is 0 Å². The number of hydrogen-bond donors (Lipinski definition) is 0. The molecule has 0 atom stereocenters. The van der Waals surface area contributed by atoms with Crippen molar-refractivity contribution in [1.82, 2.24) is 0 Å². The Hall–Kier alpha value is -0.520. The van der Waals surface area contributed by atoms with Crippen LogP contribution in [0.3, 0.4) is 0 Å². The number of allylic oxidation sites excluding steroid dienone is 3. The molecule has 0 aromatic carbocycles. The summed E-state index contributed by atoms with van der Waals surface area (Å²) < 4.78 is 0. The summed E-state index contributed by atoms with van der Waals surface area (Å²) in [5, 5.41) is 0. The summed E-state index contributed by atoms with van der Waals surface area (Å²) >= 11 is 0. The van der Waals surface area contributed by atoms with E-state index in [2.05, 4.69) is 19.6 Å². The van der Waals surface area contributed by atoms with Crippen LogP contribution in [0, 0.1) is 0 Å². The SMILES string of the molecule is C=C(C=CC)CCCCC. The molecule has 0 saturated heterocycles. The monoisotopic (exact) mass is 138 g/mol. The summed E-state index contributed by atoms with van der Waals surface area (Å²) in [4.78, 5) is 0. The highest BCUT2D eigenvalue weighted by atomic mass is 13.9. The summed E-state index contributed by atoms with van der Waals surface area (Å²) in [5.41, 5.74) is 1.26. The normalized spacial score (nSPS) is 10.6. The standard InChI is InChI=1S/C10H18/c1-4-6-7-9-10(3)8-5-2/h5,8H,3-4,6-7,9H2,1-2H3. The van der Waals surface area contributed by atoms with Crippen LogP contribution in [0.2, 0.25) is 0 Å². The molecule has 0 heterocycles. The molecule has 0 unspecified atom stereocenters. The Balaban J connectivity index is 3.22. The highest BCUT2D eigenvalue weighted by molar-refractivity contribution is 5.12. The van der Waals surface area contributed by atoms with Crippen molar-refractivity contribution in [2.24, 2.45) is 0 Å². The van der Waals surface area contributed by atoms with Gasteiger partial charge < -0.3 is 0 Å². The number of rotatable bonds is 5. The average molecular weight is 138 g/mol. The molecule has 0 aliphatic heterocycles. The predicted molar refractivity (Wildman–Crippen MR) is 48.1 cm³/mol. The second-order valence-electron chi connectivity index (χ2n) is 2.62. The minimum absolute atomic E-state index is 1.16. The van der Waals surface area contributed by atoms with E-state index in [1.807, 2.05) is 13.0 Å². The van der Waals surface area contributed by atoms with E-state index >= 15 is 0 Å². The summed E-state index contributed by atoms with van der Waals surface area (Å²) in [5.74, 6) is 0. The van der Waals surface area contributed by atoms with Crippen LogP contribution in [-0.2, 0) is 0 Å². The molecule has 0 rings (SSSR count). The third-order valence-electron chi connectivity index (χ3n) is 1.50. The molecular weight excluding hydrogens is 120 g/mol. The first-order chi connectivity index (χ1) is 4.81. The van der Waals surface area contributed by atoms with E-state index in [0.29, 0.717) is 0 Å². The van der Waals surface area contributed by atoms with Crippen LogP contribution in [0.15, 0.2) is 24.3 Å². The van der Waals surface area contributed by atoms with Crippen LogP contribution in [0.25, 0.3) is 0 Å². The van der Waals surface area contributed by atoms with E-state index in [1.165, 1.54) is 24.8 Å². The van der Waals surface area contributed by atoms with Gasteiger partial charge in [0.1, 0.15) is 0 Å². The minimum atomic E-state index is 1.16. The third kappa shape index (κ3) is 5.61. The predicted octanol–water partition coefficient (Wildman–Crippen LogP) is 3.70. The van der Waals surface area contributed by atoms with Crippen LogP contribution in [0.5, 0.6) is 0 Å². The molecule has 0 aromatic heterocycles. The van der Waals surface area contributed by atoms with Crippen molar-refractivity contribution < 1.29 is 0 Å². The molecule has 0 amide bonds. The molecule has 0 aliphatic carbocycles. The first-order valence-electron chi connectivity index (χ1n) is 4.11. The van der Waals surface area contributed by atoms with E-state index in [9.17, 15) is 0 Å². The van der Waals surface area contributed by atoms with Gasteiger partial charge in [-0.1, -0.05) is 44.1 Å². The smallest absolute Gasteiger partial charge is 0.0285 e. The van der Waals surface area contributed by atoms with Crippen LogP contribution in [0.1, 0.15) is 39.5 Å². The van der Waals surface area contributed by atoms with Crippen LogP contribution in [-0.4, -0.2) is 0 Å². The maximum absolute atomic E-state index is 3.93. The molecule has 0 saturated carbocycles. The highest BCUT2D eigenvalue weighted by Gasteiger charge is 1.87. The van der Waals surface area contributed by atoms with Crippen molar-refractivity contribution in [2.45, 2.75) is 39.5 Å². The lowest BCUT2D eigenvalue weighted by Crippen LogP contribution is -1.77. The Morgan fingerprint density at radius 2 is 2.10 bits per heavy atom. The first kappa shape index (κ1) is 9.48. The van der Waals surface area contributed by atoms with E-state index < -0.39 is 0 Å². The molecule has 0 N–H and O–H groups in total. The highest BCUT2D eigenvalue weighted by Crippen LogP contribution is 2.07. The fourth-order valence-corrected chi connectivity index (χ4v) is 0.921. The van der Waals surface area contributed by atoms with Gasteiger partial charge in [-0.15, -0.1) is 0 Å². The zero-order chi connectivity index (χ0) is 7.82. The van der Waals surface area contributed by atoms with Crippen LogP contribution in [0.4, 0.5) is 0 Å². The lowest BCUT2D eigenvalue weighted by molar-refractivity contribution is 0.720. The van der Waals surface area contributed by atoms with Crippen LogP contribution >= 0.6 is 0 Å². The Morgan fingerprint density at radius 1 is 1.40 bits per heavy atom. The van der Waals surface area contributed by atoms with Crippen molar-refractivity contribution in [2.75, 3.05) is 0 Å². The molecule has 58 valence electrons. The zero-order valence-electron chi connectivity index (χ0n) is 7.19. The van der Waals surface area contributed by atoms with Gasteiger partial charge in [-0.25, -0.2) is 0 Å². The second kappa shape index (κ2) is 6.60. The first-order valence-corrected chi connectivity index (χ1v) is 4.11. The van der Waals surface area contributed by atoms with Crippen molar-refractivity contribution in [3.05, 3.63) is 24.3 Å². The van der Waals surface area contributed by atoms with Gasteiger partial charge in [0.25, 0.3) is 0 Å². The number of hydrogen-bond acceptors (Lipinski definition) is 0. The number of unbranched alkanes of at least 4 members (excludes halogenated alkanes) is 2. The summed E-state index contributed by atoms with van der Waals surface area (Å²) in [7, 11) is 0. The van der Waals surface area contributed by atoms with Crippen molar-refractivity contribution in [3.63, 3.8) is 0 Å². The summed E-state index contributed by atoms with van der Waals surface area (Å²) in [6, 6.07) is 0. The van der Waals surface area contributed by atoms with Crippen molar-refractivity contribution >= 4 is 0 Å². The molecule has 0 aliphatic rings. The summed E-state index contributed by atoms with van der Waals surface area (Å²) in [6.45, 7) is 8.18. The molecule has 0 fully saturated rings. The molecule has 0 radical (unpaired) electrons. The van der Waals surface area contributed by atoms with E-state index in [4.69, 9.17) is 0 Å². The lowest BCUT2D eigenvalue weighted by atomic mass is 10.1. The molecular formula is C10H18. The largest absolute Gasteiger partial charge is 0.0958 e. The quantitative estimate of drug-likeness (QED) is 0.401. The Kier molecular flexibility index (Phi) is 6.25. The topological polar surface area (TPSA) is 0 Å². The lowest BCUT2D eigenvalue weighted by Gasteiger charge is -1.97. The van der Waals surface area contributed by atoms with Gasteiger partial charge in [0.15, 0.2) is 0 Å². The summed E-state index contributed by atoms with van der Waals surface area (Å²) in [6.07, 6.45) is 9.22. The average Bonchev–Trinajstić information content (AvgIpc) is 1.89.